The molecule has 0 aliphatic heterocycles. The van der Waals surface area contributed by atoms with Crippen LogP contribution >= 0.6 is 15.9 Å². The number of ether oxygens (including phenoxy) is 1. The summed E-state index contributed by atoms with van der Waals surface area (Å²) >= 11 is 3.94. The van der Waals surface area contributed by atoms with Crippen LogP contribution in [0.3, 0.4) is 0 Å². The van der Waals surface area contributed by atoms with Crippen molar-refractivity contribution in [2.45, 2.75) is 50.3 Å². The largest absolute Gasteiger partial charge is 0.497 e. The van der Waals surface area contributed by atoms with Gasteiger partial charge in [-0.1, -0.05) is 54.2 Å². The van der Waals surface area contributed by atoms with Gasteiger partial charge < -0.3 is 4.74 Å². The third kappa shape index (κ3) is 3.28. The van der Waals surface area contributed by atoms with Gasteiger partial charge in [0.2, 0.25) is 0 Å². The van der Waals surface area contributed by atoms with Gasteiger partial charge in [-0.15, -0.1) is 0 Å². The van der Waals surface area contributed by atoms with E-state index in [4.69, 9.17) is 4.74 Å². The van der Waals surface area contributed by atoms with Gasteiger partial charge >= 0.3 is 0 Å². The zero-order valence-corrected chi connectivity index (χ0v) is 13.0. The summed E-state index contributed by atoms with van der Waals surface area (Å²) in [6, 6.07) is 8.44. The predicted octanol–water partition coefficient (Wildman–Crippen LogP) is 4.97. The molecule has 0 N–H and O–H groups in total. The van der Waals surface area contributed by atoms with Gasteiger partial charge in [0.1, 0.15) is 5.75 Å². The van der Waals surface area contributed by atoms with Gasteiger partial charge in [-0.25, -0.2) is 0 Å². The number of benzene rings is 1. The molecule has 0 spiro atoms. The summed E-state index contributed by atoms with van der Waals surface area (Å²) in [5, 5.41) is 0. The van der Waals surface area contributed by atoms with Crippen molar-refractivity contribution in [2.75, 3.05) is 7.11 Å². The molecule has 1 fully saturated rings. The predicted molar refractivity (Wildman–Crippen MR) is 80.6 cm³/mol. The van der Waals surface area contributed by atoms with Gasteiger partial charge in [-0.3, -0.25) is 0 Å². The standard InChI is InChI=1S/C16H23BrO/c1-16(9-4-3-5-10-16)15(17)12-13-7-6-8-14(11-13)18-2/h6-8,11,15H,3-5,9-10,12H2,1-2H3. The molecule has 1 aliphatic rings. The topological polar surface area (TPSA) is 9.23 Å². The highest BCUT2D eigenvalue weighted by atomic mass is 79.9. The van der Waals surface area contributed by atoms with Crippen LogP contribution in [0.25, 0.3) is 0 Å². The number of alkyl halides is 1. The van der Waals surface area contributed by atoms with Gasteiger partial charge in [0.05, 0.1) is 7.11 Å². The van der Waals surface area contributed by atoms with Crippen molar-refractivity contribution in [3.63, 3.8) is 0 Å². The molecule has 1 aromatic carbocycles. The van der Waals surface area contributed by atoms with E-state index in [1.165, 1.54) is 37.7 Å². The molecule has 1 atom stereocenters. The highest BCUT2D eigenvalue weighted by Gasteiger charge is 2.33. The lowest BCUT2D eigenvalue weighted by Crippen LogP contribution is -2.31. The molecular weight excluding hydrogens is 288 g/mol. The first-order valence-electron chi connectivity index (χ1n) is 6.91. The number of halogens is 1. The lowest BCUT2D eigenvalue weighted by atomic mass is 9.72. The van der Waals surface area contributed by atoms with Crippen LogP contribution in [0, 0.1) is 5.41 Å². The van der Waals surface area contributed by atoms with Gasteiger partial charge in [-0.2, -0.15) is 0 Å². The van der Waals surface area contributed by atoms with Crippen molar-refractivity contribution in [1.29, 1.82) is 0 Å². The summed E-state index contributed by atoms with van der Waals surface area (Å²) in [6.45, 7) is 2.44. The van der Waals surface area contributed by atoms with Crippen LogP contribution in [0.15, 0.2) is 24.3 Å². The maximum atomic E-state index is 5.29. The lowest BCUT2D eigenvalue weighted by Gasteiger charge is -2.38. The Hall–Kier alpha value is -0.500. The van der Waals surface area contributed by atoms with Crippen LogP contribution in [0.1, 0.15) is 44.6 Å². The van der Waals surface area contributed by atoms with Crippen molar-refractivity contribution in [1.82, 2.24) is 0 Å². The van der Waals surface area contributed by atoms with Crippen LogP contribution in [0.4, 0.5) is 0 Å². The van der Waals surface area contributed by atoms with Crippen molar-refractivity contribution in [3.8, 4) is 5.75 Å². The van der Waals surface area contributed by atoms with E-state index >= 15 is 0 Å². The van der Waals surface area contributed by atoms with E-state index in [0.29, 0.717) is 10.2 Å². The fourth-order valence-electron chi connectivity index (χ4n) is 2.93. The second-order valence-electron chi connectivity index (χ2n) is 5.74. The average Bonchev–Trinajstić information content (AvgIpc) is 2.40. The summed E-state index contributed by atoms with van der Waals surface area (Å²) in [5.74, 6) is 0.959. The van der Waals surface area contributed by atoms with Crippen molar-refractivity contribution in [2.24, 2.45) is 5.41 Å². The summed E-state index contributed by atoms with van der Waals surface area (Å²) in [6.07, 6.45) is 7.98. The molecule has 1 aliphatic carbocycles. The third-order valence-corrected chi connectivity index (χ3v) is 5.73. The normalized spacial score (nSPS) is 20.4. The van der Waals surface area contributed by atoms with Crippen molar-refractivity contribution < 1.29 is 4.74 Å². The molecule has 1 unspecified atom stereocenters. The molecule has 1 saturated carbocycles. The fraction of sp³-hybridized carbons (Fsp3) is 0.625. The molecule has 0 heterocycles. The number of hydrogen-bond acceptors (Lipinski definition) is 1. The van der Waals surface area contributed by atoms with Crippen molar-refractivity contribution >= 4 is 15.9 Å². The molecule has 0 saturated heterocycles. The Morgan fingerprint density at radius 3 is 2.67 bits per heavy atom. The molecule has 2 rings (SSSR count). The molecule has 1 nitrogen and oxygen atoms in total. The number of methoxy groups -OCH3 is 1. The van der Waals surface area contributed by atoms with E-state index in [1.807, 2.05) is 6.07 Å². The van der Waals surface area contributed by atoms with Crippen LogP contribution in [-0.2, 0) is 6.42 Å². The molecule has 0 amide bonds. The molecule has 2 heteroatoms. The second kappa shape index (κ2) is 6.10. The molecule has 100 valence electrons. The Kier molecular flexibility index (Phi) is 4.71. The van der Waals surface area contributed by atoms with E-state index in [0.717, 1.165) is 12.2 Å². The van der Waals surface area contributed by atoms with Crippen LogP contribution in [0.5, 0.6) is 5.75 Å². The zero-order valence-electron chi connectivity index (χ0n) is 11.4. The molecule has 0 aromatic heterocycles. The van der Waals surface area contributed by atoms with Crippen LogP contribution < -0.4 is 4.74 Å². The Labute approximate surface area is 119 Å². The molecule has 1 aromatic rings. The monoisotopic (exact) mass is 310 g/mol. The lowest BCUT2D eigenvalue weighted by molar-refractivity contribution is 0.211. The minimum atomic E-state index is 0.460. The maximum absolute atomic E-state index is 5.29. The Morgan fingerprint density at radius 1 is 1.28 bits per heavy atom. The zero-order chi connectivity index (χ0) is 13.0. The Bertz CT molecular complexity index is 382. The highest BCUT2D eigenvalue weighted by Crippen LogP contribution is 2.43. The van der Waals surface area contributed by atoms with Gasteiger partial charge in [0.25, 0.3) is 0 Å². The van der Waals surface area contributed by atoms with E-state index in [2.05, 4.69) is 41.1 Å². The Balaban J connectivity index is 2.03. The first-order chi connectivity index (χ1) is 8.64. The third-order valence-electron chi connectivity index (χ3n) is 4.30. The van der Waals surface area contributed by atoms with Crippen LogP contribution in [-0.4, -0.2) is 11.9 Å². The smallest absolute Gasteiger partial charge is 0.119 e. The van der Waals surface area contributed by atoms with Gasteiger partial charge in [0, 0.05) is 4.83 Å². The molecule has 18 heavy (non-hydrogen) atoms. The first kappa shape index (κ1) is 13.9. The van der Waals surface area contributed by atoms with E-state index in [1.54, 1.807) is 7.11 Å². The summed E-state index contributed by atoms with van der Waals surface area (Å²) in [5.41, 5.74) is 1.82. The number of rotatable bonds is 4. The van der Waals surface area contributed by atoms with E-state index in [9.17, 15) is 0 Å². The second-order valence-corrected chi connectivity index (χ2v) is 6.84. The molecule has 0 bridgehead atoms. The minimum Gasteiger partial charge on any atom is -0.497 e. The van der Waals surface area contributed by atoms with Gasteiger partial charge in [-0.05, 0) is 42.4 Å². The van der Waals surface area contributed by atoms with E-state index < -0.39 is 0 Å². The molecule has 0 radical (unpaired) electrons. The van der Waals surface area contributed by atoms with Crippen LogP contribution in [0.2, 0.25) is 0 Å². The quantitative estimate of drug-likeness (QED) is 0.713. The summed E-state index contributed by atoms with van der Waals surface area (Å²) in [4.78, 5) is 0.567. The van der Waals surface area contributed by atoms with Crippen molar-refractivity contribution in [3.05, 3.63) is 29.8 Å². The van der Waals surface area contributed by atoms with Gasteiger partial charge in [0.15, 0.2) is 0 Å². The summed E-state index contributed by atoms with van der Waals surface area (Å²) < 4.78 is 5.29. The first-order valence-corrected chi connectivity index (χ1v) is 7.83. The minimum absolute atomic E-state index is 0.460. The fourth-order valence-corrected chi connectivity index (χ4v) is 3.76. The Morgan fingerprint density at radius 2 is 2.00 bits per heavy atom. The average molecular weight is 311 g/mol. The highest BCUT2D eigenvalue weighted by molar-refractivity contribution is 9.09. The molecular formula is C16H23BrO. The number of hydrogen-bond donors (Lipinski definition) is 0. The summed E-state index contributed by atoms with van der Waals surface area (Å²) in [7, 11) is 1.73. The van der Waals surface area contributed by atoms with E-state index in [-0.39, 0.29) is 0 Å². The maximum Gasteiger partial charge on any atom is 0.119 e. The SMILES string of the molecule is COc1cccc(CC(Br)C2(C)CCCCC2)c1.